The van der Waals surface area contributed by atoms with Gasteiger partial charge in [-0.1, -0.05) is 60.7 Å². The van der Waals surface area contributed by atoms with Crippen molar-refractivity contribution >= 4 is 12.2 Å². The van der Waals surface area contributed by atoms with Crippen molar-refractivity contribution in [3.63, 3.8) is 0 Å². The molecule has 0 aliphatic heterocycles. The molecule has 2 aromatic rings. The van der Waals surface area contributed by atoms with Gasteiger partial charge in [0, 0.05) is 0 Å². The summed E-state index contributed by atoms with van der Waals surface area (Å²) < 4.78 is 0. The Hall–Kier alpha value is 0.473. The summed E-state index contributed by atoms with van der Waals surface area (Å²) in [5.74, 6) is 0. The molecule has 96 valence electrons. The summed E-state index contributed by atoms with van der Waals surface area (Å²) in [5, 5.41) is 13.5. The van der Waals surface area contributed by atoms with Crippen LogP contribution in [0.15, 0.2) is 60.7 Å². The average Bonchev–Trinajstić information content (AvgIpc) is 2.43. The molecule has 0 N–H and O–H groups in total. The maximum atomic E-state index is 8.24. The number of nitrogens with zero attached hydrogens (tertiary/aromatic N) is 2. The number of hydrogen-bond acceptors (Lipinski definition) is 2. The molecule has 2 rings (SSSR count). The fraction of sp³-hybridized carbons (Fsp3) is 0.0667. The summed E-state index contributed by atoms with van der Waals surface area (Å²) >= 11 is 0. The Bertz CT molecular complexity index is 472. The first kappa shape index (κ1) is 26.4. The summed E-state index contributed by atoms with van der Waals surface area (Å²) in [7, 11) is 0. The molecular weight excluding hydrogens is 318 g/mol. The van der Waals surface area contributed by atoms with Crippen LogP contribution in [0.4, 0.5) is 0 Å². The van der Waals surface area contributed by atoms with Crippen LogP contribution in [-0.4, -0.2) is 12.2 Å². The first-order chi connectivity index (χ1) is 9.28. The molecule has 0 saturated heterocycles. The zero-order valence-corrected chi connectivity index (χ0v) is 18.4. The van der Waals surface area contributed by atoms with Gasteiger partial charge in [-0.25, -0.2) is 0 Å². The van der Waals surface area contributed by atoms with Crippen molar-refractivity contribution in [1.82, 2.24) is 0 Å². The molecule has 0 unspecified atom stereocenters. The molecule has 0 radical (unpaired) electrons. The molecular formula is C15H12K2N2O2. The molecule has 0 amide bonds. The number of isocyanates is 2. The number of rotatable bonds is 2. The quantitative estimate of drug-likeness (QED) is 0.336. The SMILES string of the molecule is [K+].[K+].[N-]=C=O.[N-]=C=O.c1ccc(Cc2ccccc2)cc1. The second kappa shape index (κ2) is 20.5. The molecule has 0 aromatic heterocycles. The predicted octanol–water partition coefficient (Wildman–Crippen LogP) is -2.93. The van der Waals surface area contributed by atoms with Crippen LogP contribution in [0.2, 0.25) is 0 Å². The minimum Gasteiger partial charge on any atom is -0.724 e. The molecule has 0 fully saturated rings. The van der Waals surface area contributed by atoms with Gasteiger partial charge in [0.2, 0.25) is 0 Å². The third-order valence-corrected chi connectivity index (χ3v) is 2.09. The number of hydrogen-bond donors (Lipinski definition) is 0. The van der Waals surface area contributed by atoms with Crippen LogP contribution in [0, 0.1) is 0 Å². The smallest absolute Gasteiger partial charge is 0.724 e. The summed E-state index contributed by atoms with van der Waals surface area (Å²) in [4.78, 5) is 16.5. The molecule has 0 aliphatic carbocycles. The van der Waals surface area contributed by atoms with E-state index in [-0.39, 0.29) is 103 Å². The number of benzene rings is 2. The van der Waals surface area contributed by atoms with Crippen molar-refractivity contribution in [1.29, 1.82) is 0 Å². The molecule has 0 spiro atoms. The van der Waals surface area contributed by atoms with Crippen LogP contribution in [0.5, 0.6) is 0 Å². The van der Waals surface area contributed by atoms with Gasteiger partial charge in [-0.05, 0) is 29.7 Å². The Morgan fingerprint density at radius 2 is 0.905 bits per heavy atom. The van der Waals surface area contributed by atoms with E-state index in [2.05, 4.69) is 60.7 Å². The van der Waals surface area contributed by atoms with Crippen molar-refractivity contribution in [2.45, 2.75) is 6.42 Å². The van der Waals surface area contributed by atoms with Crippen molar-refractivity contribution in [3.05, 3.63) is 82.6 Å². The van der Waals surface area contributed by atoms with Gasteiger partial charge in [-0.15, -0.1) is 0 Å². The van der Waals surface area contributed by atoms with Crippen LogP contribution in [-0.2, 0) is 16.0 Å². The van der Waals surface area contributed by atoms with E-state index in [9.17, 15) is 0 Å². The Morgan fingerprint density at radius 3 is 1.14 bits per heavy atom. The largest absolute Gasteiger partial charge is 1.00 e. The van der Waals surface area contributed by atoms with Gasteiger partial charge in [0.1, 0.15) is 0 Å². The van der Waals surface area contributed by atoms with Gasteiger partial charge in [-0.2, -0.15) is 0 Å². The molecule has 0 aliphatic rings. The van der Waals surface area contributed by atoms with Gasteiger partial charge in [0.05, 0.1) is 0 Å². The molecule has 21 heavy (non-hydrogen) atoms. The Labute approximate surface area is 209 Å². The van der Waals surface area contributed by atoms with Crippen LogP contribution in [0.25, 0.3) is 10.8 Å². The van der Waals surface area contributed by atoms with Crippen LogP contribution >= 0.6 is 0 Å². The monoisotopic (exact) mass is 330 g/mol. The van der Waals surface area contributed by atoms with E-state index < -0.39 is 0 Å². The van der Waals surface area contributed by atoms with Crippen molar-refractivity contribution in [3.8, 4) is 0 Å². The van der Waals surface area contributed by atoms with Crippen LogP contribution < -0.4 is 103 Å². The Kier molecular flexibility index (Phi) is 25.7. The molecule has 0 heterocycles. The van der Waals surface area contributed by atoms with E-state index in [1.54, 1.807) is 0 Å². The Balaban J connectivity index is -0.000000355. The van der Waals surface area contributed by atoms with Gasteiger partial charge in [0.25, 0.3) is 0 Å². The maximum absolute atomic E-state index is 8.24. The van der Waals surface area contributed by atoms with Crippen LogP contribution in [0.3, 0.4) is 0 Å². The Morgan fingerprint density at radius 1 is 0.667 bits per heavy atom. The zero-order valence-electron chi connectivity index (χ0n) is 12.2. The standard InChI is InChI=1S/C13H12.2CNO.2K/c1-3-7-12(8-4-1)11-13-9-5-2-6-10-13;2*2-1-3;;/h1-10H,11H2;;;;/q;2*-1;2*+1. The molecule has 0 bridgehead atoms. The molecule has 6 heteroatoms. The van der Waals surface area contributed by atoms with Gasteiger partial charge < -0.3 is 10.8 Å². The molecule has 4 nitrogen and oxygen atoms in total. The van der Waals surface area contributed by atoms with E-state index in [1.165, 1.54) is 11.1 Å². The normalized spacial score (nSPS) is 6.86. The molecule has 0 atom stereocenters. The third-order valence-electron chi connectivity index (χ3n) is 2.09. The van der Waals surface area contributed by atoms with E-state index in [4.69, 9.17) is 20.4 Å². The first-order valence-electron chi connectivity index (χ1n) is 5.38. The minimum absolute atomic E-state index is 0. The fourth-order valence-electron chi connectivity index (χ4n) is 1.43. The summed E-state index contributed by atoms with van der Waals surface area (Å²) in [5.41, 5.74) is 2.74. The third kappa shape index (κ3) is 16.7. The molecule has 2 aromatic carbocycles. The van der Waals surface area contributed by atoms with Crippen molar-refractivity contribution < 1.29 is 112 Å². The van der Waals surface area contributed by atoms with E-state index >= 15 is 0 Å². The molecule has 0 saturated carbocycles. The maximum Gasteiger partial charge on any atom is 1.00 e. The van der Waals surface area contributed by atoms with Crippen molar-refractivity contribution in [2.24, 2.45) is 0 Å². The summed E-state index contributed by atoms with van der Waals surface area (Å²) in [6.45, 7) is 0. The van der Waals surface area contributed by atoms with Crippen molar-refractivity contribution in [2.75, 3.05) is 0 Å². The second-order valence-corrected chi connectivity index (χ2v) is 3.33. The summed E-state index contributed by atoms with van der Waals surface area (Å²) in [6, 6.07) is 21.1. The van der Waals surface area contributed by atoms with Crippen LogP contribution in [0.1, 0.15) is 11.1 Å². The predicted molar refractivity (Wildman–Crippen MR) is 73.8 cm³/mol. The zero-order chi connectivity index (χ0) is 14.3. The van der Waals surface area contributed by atoms with E-state index in [0.29, 0.717) is 12.2 Å². The van der Waals surface area contributed by atoms with E-state index in [1.807, 2.05) is 0 Å². The van der Waals surface area contributed by atoms with E-state index in [0.717, 1.165) is 6.42 Å². The first-order valence-corrected chi connectivity index (χ1v) is 5.38. The van der Waals surface area contributed by atoms with Gasteiger partial charge >= 0.3 is 103 Å². The minimum atomic E-state index is 0. The number of carbonyl (C=O) groups excluding carboxylic acids is 2. The fourth-order valence-corrected chi connectivity index (χ4v) is 1.43. The summed E-state index contributed by atoms with van der Waals surface area (Å²) in [6.07, 6.45) is 2.03. The van der Waals surface area contributed by atoms with Gasteiger partial charge in [-0.3, -0.25) is 9.59 Å². The second-order valence-electron chi connectivity index (χ2n) is 3.33. The van der Waals surface area contributed by atoms with Gasteiger partial charge in [0.15, 0.2) is 0 Å². The average molecular weight is 330 g/mol. The topological polar surface area (TPSA) is 78.7 Å².